The molecule has 2 N–H and O–H groups in total. The highest BCUT2D eigenvalue weighted by molar-refractivity contribution is 6.22. The fourth-order valence-electron chi connectivity index (χ4n) is 6.08. The van der Waals surface area contributed by atoms with Gasteiger partial charge in [-0.3, -0.25) is 49.6 Å². The fourth-order valence-corrected chi connectivity index (χ4v) is 6.08. The third-order valence-corrected chi connectivity index (χ3v) is 8.76. The first-order valence-electron chi connectivity index (χ1n) is 17.5. The first-order chi connectivity index (χ1) is 27.3. The maximum Gasteiger partial charge on any atom is 0.275 e. The number of ether oxygens (including phenoxy) is 4. The van der Waals surface area contributed by atoms with Crippen molar-refractivity contribution in [2.45, 2.75) is 53.8 Å². The molecular formula is C42H50N4O13. The number of carbonyl (C=O) groups excluding carboxylic acids is 4. The lowest BCUT2D eigenvalue weighted by Gasteiger charge is -2.21. The van der Waals surface area contributed by atoms with Gasteiger partial charge >= 0.3 is 0 Å². The van der Waals surface area contributed by atoms with Gasteiger partial charge in [0.25, 0.3) is 35.0 Å². The van der Waals surface area contributed by atoms with Crippen LogP contribution in [0.15, 0.2) is 84.9 Å². The van der Waals surface area contributed by atoms with E-state index >= 15 is 0 Å². The number of aliphatic hydroxyl groups excluding tert-OH is 1. The van der Waals surface area contributed by atoms with E-state index in [0.29, 0.717) is 33.4 Å². The molecule has 316 valence electrons. The zero-order valence-electron chi connectivity index (χ0n) is 31.7. The molecule has 2 atom stereocenters. The van der Waals surface area contributed by atoms with Crippen LogP contribution >= 0.6 is 0 Å². The van der Waals surface area contributed by atoms with E-state index in [9.17, 15) is 39.4 Å². The summed E-state index contributed by atoms with van der Waals surface area (Å²) >= 11 is 0. The Morgan fingerprint density at radius 1 is 0.644 bits per heavy atom. The van der Waals surface area contributed by atoms with E-state index in [1.165, 1.54) is 26.4 Å². The Labute approximate surface area is 342 Å². The van der Waals surface area contributed by atoms with Gasteiger partial charge in [0.1, 0.15) is 13.6 Å². The highest BCUT2D eigenvalue weighted by Gasteiger charge is 2.36. The zero-order chi connectivity index (χ0) is 41.6. The minimum Gasteiger partial charge on any atom is -0.396 e. The summed E-state index contributed by atoms with van der Waals surface area (Å²) in [6.45, 7) is 3.59. The number of methoxy groups -OCH3 is 2. The average molecular weight is 819 g/mol. The van der Waals surface area contributed by atoms with Crippen molar-refractivity contribution in [1.82, 2.24) is 10.2 Å². The third kappa shape index (κ3) is 12.4. The maximum atomic E-state index is 12.5. The number of aliphatic hydroxyl groups is 1. The number of rotatable bonds is 15. The van der Waals surface area contributed by atoms with Crippen molar-refractivity contribution in [2.75, 3.05) is 41.0 Å². The molecule has 4 aromatic rings. The van der Waals surface area contributed by atoms with Crippen LogP contribution in [0, 0.1) is 34.1 Å². The number of nitro groups is 2. The van der Waals surface area contributed by atoms with Gasteiger partial charge in [-0.2, -0.15) is 0 Å². The second kappa shape index (κ2) is 23.2. The molecule has 6 rings (SSSR count). The van der Waals surface area contributed by atoms with Crippen molar-refractivity contribution in [3.05, 3.63) is 150 Å². The molecule has 2 heterocycles. The van der Waals surface area contributed by atoms with E-state index in [-0.39, 0.29) is 89.4 Å². The number of carbonyl (C=O) groups is 4. The Kier molecular flexibility index (Phi) is 19.3. The summed E-state index contributed by atoms with van der Waals surface area (Å²) in [7, 11) is 2.92. The van der Waals surface area contributed by atoms with Crippen LogP contribution in [0.2, 0.25) is 0 Å². The van der Waals surface area contributed by atoms with Crippen molar-refractivity contribution >= 4 is 35.0 Å². The third-order valence-electron chi connectivity index (χ3n) is 8.76. The Bertz CT molecular complexity index is 2060. The Hall–Kier alpha value is -6.24. The van der Waals surface area contributed by atoms with Crippen LogP contribution in [-0.4, -0.2) is 84.4 Å². The van der Waals surface area contributed by atoms with E-state index in [2.05, 4.69) is 5.32 Å². The molecule has 2 aliphatic heterocycles. The number of nitrogens with zero attached hydrogens (tertiary/aromatic N) is 3. The summed E-state index contributed by atoms with van der Waals surface area (Å²) in [6, 6.07) is 22.9. The molecule has 4 aromatic carbocycles. The molecule has 2 aliphatic rings. The van der Waals surface area contributed by atoms with E-state index < -0.39 is 22.1 Å². The average Bonchev–Trinajstić information content (AvgIpc) is 3.62. The molecule has 17 heteroatoms. The number of aryl methyl sites for hydroxylation is 2. The molecule has 59 heavy (non-hydrogen) atoms. The topological polar surface area (TPSA) is 227 Å². The Morgan fingerprint density at radius 3 is 1.41 bits per heavy atom. The van der Waals surface area contributed by atoms with Crippen molar-refractivity contribution < 1.29 is 53.1 Å². The molecule has 0 saturated heterocycles. The standard InChI is InChI=1S/C20H20N2O6.C12H17NO5.C8H5NO2.2CH4/c1-13-7-8-17(22(25)26)16(11-13)18(28-12-27-2)9-10-21-19(23)14-5-3-4-6-15(14)20(21)24;1-9-3-4-11(13(15)16)10(7-9)12(5-6-14)18-8-17-2;10-7-5-3-1-2-4-6(5)8(11)9-7;;/h3-8,11,18H,9-10,12H2,1-2H3;3-4,7,12,14H,5-6,8H2,1-2H3;1-4H,(H,9,10,11);2*1H4. The quantitative estimate of drug-likeness (QED) is 0.0532. The van der Waals surface area contributed by atoms with Gasteiger partial charge in [-0.1, -0.05) is 62.4 Å². The maximum absolute atomic E-state index is 12.5. The molecule has 0 bridgehead atoms. The SMILES string of the molecule is C.C.COCOC(CCN1C(=O)c2ccccc2C1=O)c1cc(C)ccc1[N+](=O)[O-].COCOC(CCO)c1cc(C)ccc1[N+](=O)[O-].O=C1NC(=O)c2ccccc21. The summed E-state index contributed by atoms with van der Waals surface area (Å²) in [6.07, 6.45) is -0.757. The minimum atomic E-state index is -0.704. The van der Waals surface area contributed by atoms with E-state index in [1.54, 1.807) is 72.8 Å². The van der Waals surface area contributed by atoms with Crippen LogP contribution < -0.4 is 5.32 Å². The van der Waals surface area contributed by atoms with E-state index in [1.807, 2.05) is 13.8 Å². The van der Waals surface area contributed by atoms with E-state index in [4.69, 9.17) is 24.1 Å². The van der Waals surface area contributed by atoms with Crippen molar-refractivity contribution in [3.63, 3.8) is 0 Å². The number of benzene rings is 4. The van der Waals surface area contributed by atoms with Gasteiger partial charge < -0.3 is 24.1 Å². The molecule has 0 aromatic heterocycles. The normalized spacial score (nSPS) is 13.3. The van der Waals surface area contributed by atoms with Crippen LogP contribution in [0.5, 0.6) is 0 Å². The number of imide groups is 2. The van der Waals surface area contributed by atoms with Gasteiger partial charge in [-0.05, 0) is 56.7 Å². The highest BCUT2D eigenvalue weighted by Crippen LogP contribution is 2.33. The zero-order valence-corrected chi connectivity index (χ0v) is 31.7. The minimum absolute atomic E-state index is 0. The molecule has 0 saturated carbocycles. The lowest BCUT2D eigenvalue weighted by molar-refractivity contribution is -0.386. The van der Waals surface area contributed by atoms with Gasteiger partial charge in [0.15, 0.2) is 0 Å². The van der Waals surface area contributed by atoms with Gasteiger partial charge in [-0.15, -0.1) is 0 Å². The first kappa shape index (κ1) is 48.9. The molecule has 17 nitrogen and oxygen atoms in total. The van der Waals surface area contributed by atoms with Crippen molar-refractivity contribution in [2.24, 2.45) is 0 Å². The van der Waals surface area contributed by atoms with Crippen molar-refractivity contribution in [3.8, 4) is 0 Å². The lowest BCUT2D eigenvalue weighted by atomic mass is 10.0. The molecule has 2 unspecified atom stereocenters. The fraction of sp³-hybridized carbons (Fsp3) is 0.333. The lowest BCUT2D eigenvalue weighted by Crippen LogP contribution is -2.32. The largest absolute Gasteiger partial charge is 0.396 e. The molecule has 0 fully saturated rings. The number of fused-ring (bicyclic) bond motifs is 2. The molecular weight excluding hydrogens is 768 g/mol. The number of amides is 4. The highest BCUT2D eigenvalue weighted by atomic mass is 16.7. The predicted octanol–water partition coefficient (Wildman–Crippen LogP) is 7.04. The number of hydrogen-bond donors (Lipinski definition) is 2. The second-order valence-corrected chi connectivity index (χ2v) is 12.7. The van der Waals surface area contributed by atoms with Crippen molar-refractivity contribution in [1.29, 1.82) is 0 Å². The van der Waals surface area contributed by atoms with Crippen LogP contribution in [0.3, 0.4) is 0 Å². The summed E-state index contributed by atoms with van der Waals surface area (Å²) in [5.74, 6) is -1.34. The number of nitrogens with one attached hydrogen (secondary N) is 1. The first-order valence-corrected chi connectivity index (χ1v) is 17.5. The summed E-state index contributed by atoms with van der Waals surface area (Å²) in [4.78, 5) is 69.6. The molecule has 0 spiro atoms. The summed E-state index contributed by atoms with van der Waals surface area (Å²) in [5, 5.41) is 33.6. The summed E-state index contributed by atoms with van der Waals surface area (Å²) in [5.41, 5.74) is 4.18. The summed E-state index contributed by atoms with van der Waals surface area (Å²) < 4.78 is 20.8. The van der Waals surface area contributed by atoms with Gasteiger partial charge in [-0.25, -0.2) is 0 Å². The van der Waals surface area contributed by atoms with Crippen LogP contribution in [0.4, 0.5) is 11.4 Å². The van der Waals surface area contributed by atoms with E-state index in [0.717, 1.165) is 16.0 Å². The number of hydrogen-bond acceptors (Lipinski definition) is 13. The van der Waals surface area contributed by atoms with Crippen LogP contribution in [0.1, 0.15) is 104 Å². The second-order valence-electron chi connectivity index (χ2n) is 12.7. The smallest absolute Gasteiger partial charge is 0.275 e. The Balaban J connectivity index is 0.000000331. The monoisotopic (exact) mass is 818 g/mol. The van der Waals surface area contributed by atoms with Gasteiger partial charge in [0.2, 0.25) is 0 Å². The predicted molar refractivity (Wildman–Crippen MR) is 217 cm³/mol. The molecule has 4 amide bonds. The number of nitro benzene ring substituents is 2. The van der Waals surface area contributed by atoms with Gasteiger partial charge in [0, 0.05) is 45.9 Å². The Morgan fingerprint density at radius 2 is 1.03 bits per heavy atom. The molecule has 0 aliphatic carbocycles. The van der Waals surface area contributed by atoms with Gasteiger partial charge in [0.05, 0.1) is 55.4 Å². The molecule has 0 radical (unpaired) electrons. The van der Waals surface area contributed by atoms with Crippen LogP contribution in [-0.2, 0) is 18.9 Å². The van der Waals surface area contributed by atoms with Crippen LogP contribution in [0.25, 0.3) is 0 Å².